The standard InChI is InChI=1S/Cu.Fe.O.Pr. The summed E-state index contributed by atoms with van der Waals surface area (Å²) in [5.74, 6) is 0. The Morgan fingerprint density at radius 2 is 1.25 bits per heavy atom. The van der Waals surface area contributed by atoms with Crippen LogP contribution in [0.5, 0.6) is 0 Å². The maximum Gasteiger partial charge on any atom is 0 e. The molecule has 1 nitrogen and oxygen atoms in total. The van der Waals surface area contributed by atoms with Gasteiger partial charge in [-0.1, -0.05) is 0 Å². The van der Waals surface area contributed by atoms with Crippen molar-refractivity contribution in [2.45, 2.75) is 0 Å². The van der Waals surface area contributed by atoms with Gasteiger partial charge in [-0.2, -0.15) is 0 Å². The van der Waals surface area contributed by atoms with E-state index in [9.17, 15) is 0 Å². The topological polar surface area (TPSA) is 17.1 Å². The van der Waals surface area contributed by atoms with Crippen molar-refractivity contribution in [3.8, 4) is 0 Å². The molecule has 0 aliphatic heterocycles. The predicted molar refractivity (Wildman–Crippen MR) is 0.686 cm³/mol. The summed E-state index contributed by atoms with van der Waals surface area (Å²) in [6, 6.07) is 0. The third-order valence-electron chi connectivity index (χ3n) is 0. The molecule has 0 saturated carbocycles. The van der Waals surface area contributed by atoms with Crippen LogP contribution in [0, 0.1) is 41.3 Å². The van der Waals surface area contributed by atoms with E-state index < -0.39 is 0 Å². The average Bonchev–Trinajstić information content (AvgIpc) is 1.00. The Hall–Kier alpha value is 2.20. The van der Waals surface area contributed by atoms with E-state index in [2.05, 4.69) is 0 Å². The molecule has 0 aliphatic rings. The number of hydrogen-bond donors (Lipinski definition) is 0. The first kappa shape index (κ1) is 16.4. The number of rotatable bonds is 0. The van der Waals surface area contributed by atoms with Crippen LogP contribution in [-0.2, 0) is 36.8 Å². The van der Waals surface area contributed by atoms with Gasteiger partial charge >= 0.3 is 19.8 Å². The predicted octanol–water partition coefficient (Wildman–Crippen LogP) is -0.124. The van der Waals surface area contributed by atoms with E-state index in [0.29, 0.717) is 0 Å². The van der Waals surface area contributed by atoms with Crippen LogP contribution in [-0.4, -0.2) is 0 Å². The smallest absolute Gasteiger partial charge is 0 e. The molecule has 28 valence electrons. The summed E-state index contributed by atoms with van der Waals surface area (Å²) >= 11 is 2.00. The van der Waals surface area contributed by atoms with Gasteiger partial charge < -0.3 is 0 Å². The van der Waals surface area contributed by atoms with Gasteiger partial charge in [0.1, 0.15) is 0 Å². The minimum Gasteiger partial charge on any atom is 0 e. The first-order chi connectivity index (χ1) is 1.00. The monoisotopic (exact) mass is 276 g/mol. The van der Waals surface area contributed by atoms with Crippen LogP contribution < -0.4 is 0 Å². The van der Waals surface area contributed by atoms with Crippen molar-refractivity contribution in [2.75, 3.05) is 0 Å². The van der Waals surface area contributed by atoms with Gasteiger partial charge in [0, 0.05) is 58.4 Å². The number of hydrogen-bond acceptors (Lipinski definition) is 1. The fourth-order valence-electron chi connectivity index (χ4n) is 0. The molecule has 0 spiro atoms. The second kappa shape index (κ2) is 18.9. The Kier molecular flexibility index (Phi) is 77.5. The van der Waals surface area contributed by atoms with Crippen LogP contribution in [0.3, 0.4) is 0 Å². The van der Waals surface area contributed by atoms with E-state index in [4.69, 9.17) is 3.83 Å². The summed E-state index contributed by atoms with van der Waals surface area (Å²) in [5, 5.41) is 0. The summed E-state index contributed by atoms with van der Waals surface area (Å²) in [7, 11) is 0. The Bertz CT molecular complexity index is 8.00. The SMILES string of the molecule is [Cu].[O]=[Fe].[Pr]. The molecule has 0 bridgehead atoms. The van der Waals surface area contributed by atoms with E-state index in [1.165, 1.54) is 0 Å². The zero-order chi connectivity index (χ0) is 2.00. The second-order valence-corrected chi connectivity index (χ2v) is 0. The minimum absolute atomic E-state index is 0. The van der Waals surface area contributed by atoms with Crippen LogP contribution in [0.1, 0.15) is 0 Å². The summed E-state index contributed by atoms with van der Waals surface area (Å²) < 4.78 is 8.00. The van der Waals surface area contributed by atoms with Crippen molar-refractivity contribution in [1.29, 1.82) is 0 Å². The molecule has 0 aliphatic carbocycles. The molecule has 0 heterocycles. The van der Waals surface area contributed by atoms with Crippen molar-refractivity contribution in [3.05, 3.63) is 0 Å². The van der Waals surface area contributed by atoms with Crippen LogP contribution in [0.25, 0.3) is 0 Å². The van der Waals surface area contributed by atoms with Gasteiger partial charge in [-0.05, 0) is 0 Å². The first-order valence-electron chi connectivity index (χ1n) is 0.144. The molecule has 0 aromatic rings. The minimum atomic E-state index is 0. The Morgan fingerprint density at radius 3 is 1.25 bits per heavy atom. The van der Waals surface area contributed by atoms with Crippen LogP contribution >= 0.6 is 0 Å². The van der Waals surface area contributed by atoms with Crippen molar-refractivity contribution < 1.29 is 78.1 Å². The van der Waals surface area contributed by atoms with Crippen LogP contribution in [0.2, 0.25) is 0 Å². The van der Waals surface area contributed by atoms with Gasteiger partial charge in [-0.15, -0.1) is 0 Å². The maximum atomic E-state index is 8.00. The van der Waals surface area contributed by atoms with Gasteiger partial charge in [-0.25, -0.2) is 0 Å². The van der Waals surface area contributed by atoms with Crippen molar-refractivity contribution in [3.63, 3.8) is 0 Å². The zero-order valence-corrected chi connectivity index (χ0v) is 7.39. The maximum absolute atomic E-state index is 8.00. The first-order valence-corrected chi connectivity index (χ1v) is 0.595. The third-order valence-corrected chi connectivity index (χ3v) is 0. The molecule has 0 aromatic heterocycles. The van der Waals surface area contributed by atoms with E-state index in [-0.39, 0.29) is 58.4 Å². The summed E-state index contributed by atoms with van der Waals surface area (Å²) in [5.41, 5.74) is 0. The second-order valence-electron chi connectivity index (χ2n) is 0. The van der Waals surface area contributed by atoms with Gasteiger partial charge in [0.2, 0.25) is 0 Å². The molecule has 4 heteroatoms. The molecule has 2 radical (unpaired) electrons. The molecule has 0 saturated heterocycles. The Morgan fingerprint density at radius 1 is 1.25 bits per heavy atom. The molecular weight excluding hydrogens is 276 g/mol. The molecule has 0 rings (SSSR count). The van der Waals surface area contributed by atoms with E-state index in [1.807, 2.05) is 15.9 Å². The summed E-state index contributed by atoms with van der Waals surface area (Å²) in [4.78, 5) is 0. The molecule has 0 amide bonds. The van der Waals surface area contributed by atoms with Gasteiger partial charge in [0.15, 0.2) is 0 Å². The van der Waals surface area contributed by atoms with Crippen molar-refractivity contribution >= 4 is 0 Å². The average molecular weight is 276 g/mol. The quantitative estimate of drug-likeness (QED) is 0.564. The largest absolute Gasteiger partial charge is 0 e. The zero-order valence-electron chi connectivity index (χ0n) is 1.64. The van der Waals surface area contributed by atoms with E-state index in [1.54, 1.807) is 0 Å². The Labute approximate surface area is 76.7 Å². The third kappa shape index (κ3) is 8.88. The van der Waals surface area contributed by atoms with Crippen molar-refractivity contribution in [2.24, 2.45) is 0 Å². The fraction of sp³-hybridized carbons (Fsp3) is 0. The van der Waals surface area contributed by atoms with Gasteiger partial charge in [0.05, 0.1) is 0 Å². The van der Waals surface area contributed by atoms with E-state index >= 15 is 0 Å². The van der Waals surface area contributed by atoms with Gasteiger partial charge in [-0.3, -0.25) is 0 Å². The van der Waals surface area contributed by atoms with Crippen molar-refractivity contribution in [1.82, 2.24) is 0 Å². The molecule has 0 unspecified atom stereocenters. The summed E-state index contributed by atoms with van der Waals surface area (Å²) in [6.07, 6.45) is 0. The molecular formula is CuFeOPr. The molecule has 0 atom stereocenters. The molecule has 0 aromatic carbocycles. The fourth-order valence-corrected chi connectivity index (χ4v) is 0. The molecule has 0 fully saturated rings. The normalized spacial score (nSPS) is 1.25. The van der Waals surface area contributed by atoms with Crippen LogP contribution in [0.4, 0.5) is 0 Å². The molecule has 0 N–H and O–H groups in total. The molecule has 4 heavy (non-hydrogen) atoms. The summed E-state index contributed by atoms with van der Waals surface area (Å²) in [6.45, 7) is 0. The van der Waals surface area contributed by atoms with Gasteiger partial charge in [0.25, 0.3) is 0 Å². The van der Waals surface area contributed by atoms with Crippen LogP contribution in [0.15, 0.2) is 0 Å². The Balaban J connectivity index is -0.00000000500. The van der Waals surface area contributed by atoms with E-state index in [0.717, 1.165) is 0 Å².